The van der Waals surface area contributed by atoms with Crippen LogP contribution in [0.25, 0.3) is 11.2 Å². The van der Waals surface area contributed by atoms with E-state index in [0.717, 1.165) is 12.8 Å². The molecule has 2 aromatic heterocycles. The van der Waals surface area contributed by atoms with E-state index in [9.17, 15) is 4.79 Å². The number of rotatable bonds is 2. The molecule has 1 aliphatic heterocycles. The summed E-state index contributed by atoms with van der Waals surface area (Å²) in [6, 6.07) is 3.66. The molecule has 1 fully saturated rings. The van der Waals surface area contributed by atoms with Crippen molar-refractivity contribution in [3.63, 3.8) is 0 Å². The van der Waals surface area contributed by atoms with Gasteiger partial charge in [0.15, 0.2) is 5.58 Å². The third-order valence-corrected chi connectivity index (χ3v) is 3.45. The summed E-state index contributed by atoms with van der Waals surface area (Å²) in [5, 5.41) is 12.5. The largest absolute Gasteiger partial charge is 0.465 e. The van der Waals surface area contributed by atoms with Crippen molar-refractivity contribution >= 4 is 34.9 Å². The van der Waals surface area contributed by atoms with Crippen LogP contribution in [-0.4, -0.2) is 45.2 Å². The smallest absolute Gasteiger partial charge is 0.407 e. The molecule has 1 aliphatic rings. The van der Waals surface area contributed by atoms with Crippen LogP contribution in [0.15, 0.2) is 16.5 Å². The molecule has 0 aliphatic carbocycles. The summed E-state index contributed by atoms with van der Waals surface area (Å²) in [6.07, 6.45) is 0.785. The van der Waals surface area contributed by atoms with E-state index in [-0.39, 0.29) is 6.04 Å². The molecule has 7 nitrogen and oxygen atoms in total. The van der Waals surface area contributed by atoms with Gasteiger partial charge in [-0.05, 0) is 25.0 Å². The molecule has 1 saturated heterocycles. The van der Waals surface area contributed by atoms with E-state index in [1.807, 2.05) is 0 Å². The third-order valence-electron chi connectivity index (χ3n) is 3.24. The van der Waals surface area contributed by atoms with Gasteiger partial charge in [0, 0.05) is 19.1 Å². The maximum absolute atomic E-state index is 11.0. The number of amides is 1. The van der Waals surface area contributed by atoms with E-state index in [1.54, 1.807) is 12.1 Å². The Bertz CT molecular complexity index is 645. The Morgan fingerprint density at radius 3 is 3.15 bits per heavy atom. The van der Waals surface area contributed by atoms with Gasteiger partial charge in [0.2, 0.25) is 5.65 Å². The number of anilines is 1. The fraction of sp³-hybridized carbons (Fsp3) is 0.417. The monoisotopic (exact) mass is 296 g/mol. The summed E-state index contributed by atoms with van der Waals surface area (Å²) in [5.41, 5.74) is 0.980. The molecule has 20 heavy (non-hydrogen) atoms. The standard InChI is InChI=1S/C12H13ClN4O3/c13-9-4-3-8-10(15-9)16-11(20-8)14-7-2-1-5-17(6-7)12(18)19/h3-4,7H,1-2,5-6H2,(H,18,19)(H,14,15,16)/t7-/m1/s1. The van der Waals surface area contributed by atoms with Crippen molar-refractivity contribution in [3.8, 4) is 0 Å². The molecule has 0 saturated carbocycles. The number of halogens is 1. The zero-order valence-electron chi connectivity index (χ0n) is 10.5. The molecule has 0 aromatic carbocycles. The quantitative estimate of drug-likeness (QED) is 0.827. The average molecular weight is 297 g/mol. The summed E-state index contributed by atoms with van der Waals surface area (Å²) in [7, 11) is 0. The second kappa shape index (κ2) is 5.16. The van der Waals surface area contributed by atoms with Gasteiger partial charge in [-0.15, -0.1) is 0 Å². The molecule has 0 bridgehead atoms. The molecule has 0 radical (unpaired) electrons. The minimum atomic E-state index is -0.900. The Balaban J connectivity index is 1.74. The molecule has 2 N–H and O–H groups in total. The van der Waals surface area contributed by atoms with Crippen LogP contribution in [0.2, 0.25) is 5.15 Å². The third kappa shape index (κ3) is 2.62. The fourth-order valence-corrected chi connectivity index (χ4v) is 2.44. The van der Waals surface area contributed by atoms with Crippen molar-refractivity contribution in [2.24, 2.45) is 0 Å². The number of oxazole rings is 1. The van der Waals surface area contributed by atoms with Crippen LogP contribution in [0.5, 0.6) is 0 Å². The number of fused-ring (bicyclic) bond motifs is 1. The highest BCUT2D eigenvalue weighted by atomic mass is 35.5. The van der Waals surface area contributed by atoms with E-state index in [1.165, 1.54) is 4.90 Å². The summed E-state index contributed by atoms with van der Waals surface area (Å²) < 4.78 is 5.51. The summed E-state index contributed by atoms with van der Waals surface area (Å²) in [6.45, 7) is 0.987. The first kappa shape index (κ1) is 13.0. The Labute approximate surface area is 119 Å². The zero-order valence-corrected chi connectivity index (χ0v) is 11.3. The van der Waals surface area contributed by atoms with Crippen molar-refractivity contribution in [3.05, 3.63) is 17.3 Å². The number of nitrogens with one attached hydrogen (secondary N) is 1. The van der Waals surface area contributed by atoms with Gasteiger partial charge in [0.25, 0.3) is 6.01 Å². The first-order valence-electron chi connectivity index (χ1n) is 6.29. The van der Waals surface area contributed by atoms with Crippen molar-refractivity contribution in [2.45, 2.75) is 18.9 Å². The predicted octanol–water partition coefficient (Wildman–Crippen LogP) is 2.43. The van der Waals surface area contributed by atoms with Gasteiger partial charge in [-0.1, -0.05) is 11.6 Å². The zero-order chi connectivity index (χ0) is 14.1. The highest BCUT2D eigenvalue weighted by Gasteiger charge is 2.24. The van der Waals surface area contributed by atoms with Gasteiger partial charge >= 0.3 is 6.09 Å². The van der Waals surface area contributed by atoms with Gasteiger partial charge in [0.1, 0.15) is 5.15 Å². The van der Waals surface area contributed by atoms with Gasteiger partial charge in [-0.3, -0.25) is 0 Å². The van der Waals surface area contributed by atoms with Crippen molar-refractivity contribution in [2.75, 3.05) is 18.4 Å². The highest BCUT2D eigenvalue weighted by Crippen LogP contribution is 2.21. The summed E-state index contributed by atoms with van der Waals surface area (Å²) in [5.74, 6) is 0. The van der Waals surface area contributed by atoms with Gasteiger partial charge in [-0.25, -0.2) is 9.78 Å². The first-order valence-corrected chi connectivity index (χ1v) is 6.67. The SMILES string of the molecule is O=C(O)N1CCC[C@@H](Nc2nc3nc(Cl)ccc3o2)C1. The fourth-order valence-electron chi connectivity index (χ4n) is 2.30. The second-order valence-electron chi connectivity index (χ2n) is 4.69. The molecule has 0 spiro atoms. The van der Waals surface area contributed by atoms with Crippen LogP contribution in [0.1, 0.15) is 12.8 Å². The minimum absolute atomic E-state index is 0.0108. The van der Waals surface area contributed by atoms with E-state index in [0.29, 0.717) is 35.5 Å². The number of hydrogen-bond donors (Lipinski definition) is 2. The Hall–Kier alpha value is -2.02. The van der Waals surface area contributed by atoms with Crippen molar-refractivity contribution in [1.29, 1.82) is 0 Å². The Kier molecular flexibility index (Phi) is 3.35. The van der Waals surface area contributed by atoms with E-state index in [4.69, 9.17) is 21.1 Å². The van der Waals surface area contributed by atoms with Crippen LogP contribution in [0.3, 0.4) is 0 Å². The van der Waals surface area contributed by atoms with Crippen LogP contribution in [0.4, 0.5) is 10.8 Å². The average Bonchev–Trinajstić information content (AvgIpc) is 2.80. The van der Waals surface area contributed by atoms with Crippen LogP contribution >= 0.6 is 11.6 Å². The molecule has 8 heteroatoms. The normalized spacial score (nSPS) is 19.2. The number of piperidine rings is 1. The lowest BCUT2D eigenvalue weighted by Gasteiger charge is -2.30. The topological polar surface area (TPSA) is 91.5 Å². The maximum Gasteiger partial charge on any atom is 0.407 e. The Morgan fingerprint density at radius 1 is 1.50 bits per heavy atom. The number of carbonyl (C=O) groups is 1. The lowest BCUT2D eigenvalue weighted by Crippen LogP contribution is -2.44. The number of nitrogens with zero attached hydrogens (tertiary/aromatic N) is 3. The number of likely N-dealkylation sites (tertiary alicyclic amines) is 1. The Morgan fingerprint density at radius 2 is 2.35 bits per heavy atom. The van der Waals surface area contributed by atoms with E-state index >= 15 is 0 Å². The minimum Gasteiger partial charge on any atom is -0.465 e. The molecule has 106 valence electrons. The van der Waals surface area contributed by atoms with E-state index in [2.05, 4.69) is 15.3 Å². The van der Waals surface area contributed by atoms with Crippen molar-refractivity contribution in [1.82, 2.24) is 14.9 Å². The second-order valence-corrected chi connectivity index (χ2v) is 5.07. The molecule has 2 aromatic rings. The molecule has 3 heterocycles. The molecular formula is C12H13ClN4O3. The maximum atomic E-state index is 11.0. The van der Waals surface area contributed by atoms with Gasteiger partial charge < -0.3 is 19.7 Å². The molecule has 3 rings (SSSR count). The van der Waals surface area contributed by atoms with Crippen molar-refractivity contribution < 1.29 is 14.3 Å². The molecule has 1 atom stereocenters. The van der Waals surface area contributed by atoms with Gasteiger partial charge in [0.05, 0.1) is 0 Å². The summed E-state index contributed by atoms with van der Waals surface area (Å²) >= 11 is 5.79. The lowest BCUT2D eigenvalue weighted by molar-refractivity contribution is 0.132. The summed E-state index contributed by atoms with van der Waals surface area (Å²) in [4.78, 5) is 20.6. The first-order chi connectivity index (χ1) is 9.61. The predicted molar refractivity (Wildman–Crippen MR) is 73.1 cm³/mol. The molecule has 0 unspecified atom stereocenters. The number of pyridine rings is 1. The van der Waals surface area contributed by atoms with Gasteiger partial charge in [-0.2, -0.15) is 4.98 Å². The number of carboxylic acid groups (broad SMARTS) is 1. The highest BCUT2D eigenvalue weighted by molar-refractivity contribution is 6.29. The van der Waals surface area contributed by atoms with Crippen LogP contribution < -0.4 is 5.32 Å². The number of hydrogen-bond acceptors (Lipinski definition) is 5. The number of aromatic nitrogens is 2. The molecule has 1 amide bonds. The van der Waals surface area contributed by atoms with Crippen LogP contribution in [-0.2, 0) is 0 Å². The molecular weight excluding hydrogens is 284 g/mol. The van der Waals surface area contributed by atoms with E-state index < -0.39 is 6.09 Å². The lowest BCUT2D eigenvalue weighted by atomic mass is 10.1. The van der Waals surface area contributed by atoms with Crippen LogP contribution in [0, 0.1) is 0 Å².